The van der Waals surface area contributed by atoms with Crippen molar-refractivity contribution in [1.29, 1.82) is 0 Å². The van der Waals surface area contributed by atoms with Gasteiger partial charge in [-0.3, -0.25) is 9.13 Å². The van der Waals surface area contributed by atoms with Gasteiger partial charge in [-0.2, -0.15) is 0 Å². The second kappa shape index (κ2) is 3.37. The van der Waals surface area contributed by atoms with Crippen LogP contribution in [-0.4, -0.2) is 21.3 Å². The molecular formula is C12H13ClN2O2. The molecule has 0 N–H and O–H groups in total. The second-order valence-corrected chi connectivity index (χ2v) is 5.24. The topological polar surface area (TPSA) is 39.5 Å². The first-order chi connectivity index (χ1) is 8.00. The number of benzene rings is 1. The van der Waals surface area contributed by atoms with Crippen molar-refractivity contribution in [2.75, 3.05) is 6.61 Å². The zero-order valence-electron chi connectivity index (χ0n) is 9.74. The van der Waals surface area contributed by atoms with Gasteiger partial charge in [-0.15, -0.1) is 0 Å². The lowest BCUT2D eigenvalue weighted by Gasteiger charge is -2.06. The average Bonchev–Trinajstić information content (AvgIpc) is 2.97. The van der Waals surface area contributed by atoms with E-state index in [1.54, 1.807) is 22.2 Å². The molecule has 1 aromatic carbocycles. The van der Waals surface area contributed by atoms with Crippen molar-refractivity contribution in [3.63, 3.8) is 0 Å². The van der Waals surface area contributed by atoms with E-state index in [4.69, 9.17) is 16.3 Å². The fourth-order valence-electron chi connectivity index (χ4n) is 2.09. The maximum Gasteiger partial charge on any atom is 0.328 e. The van der Waals surface area contributed by atoms with Gasteiger partial charge in [0.25, 0.3) is 0 Å². The second-order valence-electron chi connectivity index (χ2n) is 4.80. The van der Waals surface area contributed by atoms with Gasteiger partial charge in [0.15, 0.2) is 0 Å². The average molecular weight is 253 g/mol. The Bertz CT molecular complexity index is 652. The monoisotopic (exact) mass is 252 g/mol. The summed E-state index contributed by atoms with van der Waals surface area (Å²) in [5, 5.41) is 0.638. The summed E-state index contributed by atoms with van der Waals surface area (Å²) in [7, 11) is 1.77. The van der Waals surface area contributed by atoms with E-state index in [9.17, 15) is 4.79 Å². The molecule has 3 rings (SSSR count). The number of aromatic nitrogens is 2. The van der Waals surface area contributed by atoms with Crippen LogP contribution in [0, 0.1) is 0 Å². The number of halogens is 1. The number of hydrogen-bond donors (Lipinski definition) is 0. The smallest absolute Gasteiger partial charge is 0.328 e. The van der Waals surface area contributed by atoms with Crippen molar-refractivity contribution in [3.05, 3.63) is 33.7 Å². The molecule has 0 aliphatic carbocycles. The predicted molar refractivity (Wildman–Crippen MR) is 66.5 cm³/mol. The third-order valence-electron chi connectivity index (χ3n) is 3.24. The first kappa shape index (κ1) is 10.9. The van der Waals surface area contributed by atoms with Crippen molar-refractivity contribution in [3.8, 4) is 0 Å². The first-order valence-corrected chi connectivity index (χ1v) is 5.87. The fraction of sp³-hybridized carbons (Fsp3) is 0.417. The highest BCUT2D eigenvalue weighted by atomic mass is 35.5. The van der Waals surface area contributed by atoms with E-state index in [0.29, 0.717) is 18.2 Å². The lowest BCUT2D eigenvalue weighted by atomic mass is 10.2. The molecule has 1 aliphatic heterocycles. The van der Waals surface area contributed by atoms with Gasteiger partial charge in [0.05, 0.1) is 24.2 Å². The molecule has 4 nitrogen and oxygen atoms in total. The summed E-state index contributed by atoms with van der Waals surface area (Å²) in [5.74, 6) is 0. The molecule has 90 valence electrons. The lowest BCUT2D eigenvalue weighted by Crippen LogP contribution is -2.27. The quantitative estimate of drug-likeness (QED) is 0.765. The highest BCUT2D eigenvalue weighted by Crippen LogP contribution is 2.29. The van der Waals surface area contributed by atoms with Crippen LogP contribution in [0.3, 0.4) is 0 Å². The Hall–Kier alpha value is -1.26. The minimum absolute atomic E-state index is 0.0287. The summed E-state index contributed by atoms with van der Waals surface area (Å²) in [6, 6.07) is 5.48. The molecular weight excluding hydrogens is 240 g/mol. The van der Waals surface area contributed by atoms with Crippen molar-refractivity contribution in [2.45, 2.75) is 19.1 Å². The summed E-state index contributed by atoms with van der Waals surface area (Å²) < 4.78 is 8.71. The molecule has 0 saturated carbocycles. The highest BCUT2D eigenvalue weighted by molar-refractivity contribution is 6.31. The summed E-state index contributed by atoms with van der Waals surface area (Å²) in [6.07, 6.45) is 0. The van der Waals surface area contributed by atoms with Crippen LogP contribution in [0.2, 0.25) is 5.02 Å². The van der Waals surface area contributed by atoms with Gasteiger partial charge < -0.3 is 4.74 Å². The predicted octanol–water partition coefficient (Wildman–Crippen LogP) is 1.78. The standard InChI is InChI=1S/C12H13ClN2O2/c1-12(7-17-12)6-15-10-5-8(13)3-4-9(10)14(2)11(15)16/h3-5H,6-7H2,1-2H3. The van der Waals surface area contributed by atoms with E-state index in [2.05, 4.69) is 0 Å². The van der Waals surface area contributed by atoms with Gasteiger partial charge in [-0.1, -0.05) is 11.6 Å². The molecule has 1 atom stereocenters. The molecule has 1 unspecified atom stereocenters. The van der Waals surface area contributed by atoms with Gasteiger partial charge in [-0.05, 0) is 25.1 Å². The number of hydrogen-bond acceptors (Lipinski definition) is 2. The van der Waals surface area contributed by atoms with Gasteiger partial charge >= 0.3 is 5.69 Å². The van der Waals surface area contributed by atoms with Crippen LogP contribution in [0.15, 0.2) is 23.0 Å². The fourth-order valence-corrected chi connectivity index (χ4v) is 2.25. The molecule has 1 fully saturated rings. The van der Waals surface area contributed by atoms with Crippen LogP contribution in [0.5, 0.6) is 0 Å². The number of imidazole rings is 1. The molecule has 0 spiro atoms. The van der Waals surface area contributed by atoms with Crippen molar-refractivity contribution < 1.29 is 4.74 Å². The number of fused-ring (bicyclic) bond motifs is 1. The van der Waals surface area contributed by atoms with Gasteiger partial charge in [-0.25, -0.2) is 4.79 Å². The Morgan fingerprint density at radius 3 is 2.82 bits per heavy atom. The van der Waals surface area contributed by atoms with E-state index < -0.39 is 0 Å². The molecule has 1 aliphatic rings. The largest absolute Gasteiger partial charge is 0.368 e. The SMILES string of the molecule is Cn1c(=O)n(CC2(C)CO2)c2cc(Cl)ccc21. The normalized spacial score (nSPS) is 23.2. The molecule has 2 heterocycles. The van der Waals surface area contributed by atoms with Crippen LogP contribution >= 0.6 is 11.6 Å². The van der Waals surface area contributed by atoms with E-state index in [1.165, 1.54) is 0 Å². The van der Waals surface area contributed by atoms with Crippen molar-refractivity contribution in [1.82, 2.24) is 9.13 Å². The number of ether oxygens (including phenoxy) is 1. The van der Waals surface area contributed by atoms with E-state index in [-0.39, 0.29) is 11.3 Å². The third kappa shape index (κ3) is 1.68. The van der Waals surface area contributed by atoms with E-state index in [0.717, 1.165) is 11.0 Å². The highest BCUT2D eigenvalue weighted by Gasteiger charge is 2.40. The van der Waals surface area contributed by atoms with E-state index >= 15 is 0 Å². The molecule has 2 aromatic rings. The summed E-state index contributed by atoms with van der Waals surface area (Å²) in [4.78, 5) is 12.1. The van der Waals surface area contributed by atoms with Crippen LogP contribution in [0.4, 0.5) is 0 Å². The number of epoxide rings is 1. The first-order valence-electron chi connectivity index (χ1n) is 5.49. The zero-order chi connectivity index (χ0) is 12.2. The lowest BCUT2D eigenvalue weighted by molar-refractivity contribution is 0.293. The Morgan fingerprint density at radius 2 is 2.18 bits per heavy atom. The maximum absolute atomic E-state index is 12.1. The van der Waals surface area contributed by atoms with Crippen molar-refractivity contribution >= 4 is 22.6 Å². The Kier molecular flexibility index (Phi) is 2.15. The summed E-state index contributed by atoms with van der Waals surface area (Å²) in [6.45, 7) is 3.28. The molecule has 17 heavy (non-hydrogen) atoms. The van der Waals surface area contributed by atoms with Crippen molar-refractivity contribution in [2.24, 2.45) is 7.05 Å². The minimum Gasteiger partial charge on any atom is -0.368 e. The zero-order valence-corrected chi connectivity index (χ0v) is 10.5. The Balaban J connectivity index is 2.24. The molecule has 1 aromatic heterocycles. The van der Waals surface area contributed by atoms with Crippen LogP contribution in [0.1, 0.15) is 6.92 Å². The molecule has 0 amide bonds. The van der Waals surface area contributed by atoms with Crippen LogP contribution in [0.25, 0.3) is 11.0 Å². The third-order valence-corrected chi connectivity index (χ3v) is 3.47. The number of aryl methyl sites for hydroxylation is 1. The molecule has 1 saturated heterocycles. The van der Waals surface area contributed by atoms with Crippen LogP contribution < -0.4 is 5.69 Å². The molecule has 5 heteroatoms. The van der Waals surface area contributed by atoms with E-state index in [1.807, 2.05) is 19.1 Å². The van der Waals surface area contributed by atoms with Gasteiger partial charge in [0.2, 0.25) is 0 Å². The minimum atomic E-state index is -0.194. The van der Waals surface area contributed by atoms with Gasteiger partial charge in [0, 0.05) is 12.1 Å². The molecule has 0 bridgehead atoms. The summed E-state index contributed by atoms with van der Waals surface area (Å²) in [5.41, 5.74) is 1.53. The number of rotatable bonds is 2. The Labute approximate surface area is 103 Å². The molecule has 0 radical (unpaired) electrons. The Morgan fingerprint density at radius 1 is 1.47 bits per heavy atom. The van der Waals surface area contributed by atoms with Gasteiger partial charge in [0.1, 0.15) is 5.60 Å². The van der Waals surface area contributed by atoms with Crippen LogP contribution in [-0.2, 0) is 18.3 Å². The number of nitrogens with zero attached hydrogens (tertiary/aromatic N) is 2. The maximum atomic E-state index is 12.1. The summed E-state index contributed by atoms with van der Waals surface area (Å²) >= 11 is 5.98.